The second-order valence-corrected chi connectivity index (χ2v) is 8.51. The van der Waals surface area contributed by atoms with Gasteiger partial charge in [-0.15, -0.1) is 0 Å². The highest BCUT2D eigenvalue weighted by atomic mass is 14.9. The molecule has 0 spiro atoms. The van der Waals surface area contributed by atoms with Crippen LogP contribution in [0.1, 0.15) is 0 Å². The summed E-state index contributed by atoms with van der Waals surface area (Å²) in [5, 5.41) is 16.0. The van der Waals surface area contributed by atoms with Gasteiger partial charge in [-0.1, -0.05) is 78.9 Å². The van der Waals surface area contributed by atoms with Gasteiger partial charge in [0.1, 0.15) is 0 Å². The van der Waals surface area contributed by atoms with Crippen LogP contribution in [0.2, 0.25) is 0 Å². The molecule has 0 heterocycles. The molecular weight excluding hydrogens is 388 g/mol. The number of nitrogen functional groups attached to an aromatic ring is 1. The molecule has 0 unspecified atom stereocenters. The van der Waals surface area contributed by atoms with Crippen molar-refractivity contribution in [2.45, 2.75) is 0 Å². The summed E-state index contributed by atoms with van der Waals surface area (Å²) < 4.78 is 0. The Morgan fingerprint density at radius 3 is 2.09 bits per heavy atom. The highest BCUT2D eigenvalue weighted by molar-refractivity contribution is 6.17. The molecule has 1 aliphatic rings. The molecule has 150 valence electrons. The smallest absolute Gasteiger partial charge is 0.0639 e. The Morgan fingerprint density at radius 1 is 0.500 bits per heavy atom. The molecule has 0 bridgehead atoms. The fourth-order valence-corrected chi connectivity index (χ4v) is 5.17. The summed E-state index contributed by atoms with van der Waals surface area (Å²) >= 11 is 0. The molecule has 0 aromatic heterocycles. The largest absolute Gasteiger partial charge is 0.397 e. The third-order valence-corrected chi connectivity index (χ3v) is 6.73. The summed E-state index contributed by atoms with van der Waals surface area (Å²) in [5.74, 6) is 0. The van der Waals surface area contributed by atoms with Crippen molar-refractivity contribution in [3.8, 4) is 0 Å². The number of rotatable bonds is 2. The molecule has 0 fully saturated rings. The van der Waals surface area contributed by atoms with E-state index in [9.17, 15) is 0 Å². The molecule has 3 N–H and O–H groups in total. The zero-order valence-electron chi connectivity index (χ0n) is 17.4. The molecule has 7 rings (SSSR count). The van der Waals surface area contributed by atoms with Gasteiger partial charge >= 0.3 is 0 Å². The summed E-state index contributed by atoms with van der Waals surface area (Å²) in [4.78, 5) is 0. The summed E-state index contributed by atoms with van der Waals surface area (Å²) in [6.45, 7) is 0. The number of hydrogen-bond acceptors (Lipinski definition) is 2. The molecule has 0 saturated heterocycles. The predicted molar refractivity (Wildman–Crippen MR) is 135 cm³/mol. The average Bonchev–Trinajstić information content (AvgIpc) is 2.82. The number of nitrogens with two attached hydrogens (primary N) is 1. The maximum Gasteiger partial charge on any atom is 0.0639 e. The Labute approximate surface area is 184 Å². The van der Waals surface area contributed by atoms with Crippen molar-refractivity contribution in [2.75, 3.05) is 11.1 Å². The third-order valence-electron chi connectivity index (χ3n) is 6.73. The van der Waals surface area contributed by atoms with Gasteiger partial charge in [-0.3, -0.25) is 0 Å². The predicted octanol–water partition coefficient (Wildman–Crippen LogP) is 7.36. The highest BCUT2D eigenvalue weighted by Gasteiger charge is 2.12. The van der Waals surface area contributed by atoms with E-state index < -0.39 is 0 Å². The van der Waals surface area contributed by atoms with Crippen LogP contribution in [0, 0.1) is 20.9 Å². The highest BCUT2D eigenvalue weighted by Crippen LogP contribution is 2.37. The lowest BCUT2D eigenvalue weighted by atomic mass is 9.96. The zero-order chi connectivity index (χ0) is 21.2. The van der Waals surface area contributed by atoms with E-state index in [-0.39, 0.29) is 0 Å². The Morgan fingerprint density at radius 2 is 1.22 bits per heavy atom. The van der Waals surface area contributed by atoms with Crippen molar-refractivity contribution >= 4 is 49.4 Å². The molecule has 2 nitrogen and oxygen atoms in total. The lowest BCUT2D eigenvalue weighted by molar-refractivity contribution is 1.29. The van der Waals surface area contributed by atoms with Gasteiger partial charge in [0.15, 0.2) is 0 Å². The lowest BCUT2D eigenvalue weighted by Gasteiger charge is -2.16. The van der Waals surface area contributed by atoms with E-state index in [1.807, 2.05) is 0 Å². The molecule has 0 amide bonds. The Hall–Kier alpha value is -4.30. The maximum atomic E-state index is 6.67. The van der Waals surface area contributed by atoms with Crippen LogP contribution in [0.5, 0.6) is 0 Å². The molecule has 6 aromatic carbocycles. The molecular formula is C30H20N2. The molecule has 0 atom stereocenters. The quantitative estimate of drug-likeness (QED) is 0.178. The monoisotopic (exact) mass is 408 g/mol. The van der Waals surface area contributed by atoms with Gasteiger partial charge in [-0.25, -0.2) is 0 Å². The first-order chi connectivity index (χ1) is 15.8. The van der Waals surface area contributed by atoms with E-state index in [0.29, 0.717) is 0 Å². The minimum Gasteiger partial charge on any atom is -0.397 e. The van der Waals surface area contributed by atoms with Gasteiger partial charge in [0.2, 0.25) is 0 Å². The van der Waals surface area contributed by atoms with Crippen LogP contribution in [0.15, 0.2) is 103 Å². The van der Waals surface area contributed by atoms with Crippen LogP contribution in [-0.4, -0.2) is 0 Å². The van der Waals surface area contributed by atoms with E-state index in [2.05, 4.69) is 108 Å². The van der Waals surface area contributed by atoms with E-state index >= 15 is 0 Å². The lowest BCUT2D eigenvalue weighted by Crippen LogP contribution is -2.02. The van der Waals surface area contributed by atoms with Crippen molar-refractivity contribution in [2.24, 2.45) is 0 Å². The van der Waals surface area contributed by atoms with Crippen LogP contribution < -0.4 is 11.1 Å². The second kappa shape index (κ2) is 6.35. The molecule has 6 aromatic rings. The van der Waals surface area contributed by atoms with Gasteiger partial charge in [-0.05, 0) is 66.9 Å². The molecule has 0 radical (unpaired) electrons. The van der Waals surface area contributed by atoms with Crippen LogP contribution in [0.3, 0.4) is 0 Å². The first-order valence-electron chi connectivity index (χ1n) is 10.9. The summed E-state index contributed by atoms with van der Waals surface area (Å²) in [7, 11) is 0. The van der Waals surface area contributed by atoms with Gasteiger partial charge in [0, 0.05) is 16.3 Å². The van der Waals surface area contributed by atoms with Crippen LogP contribution in [-0.2, 0) is 0 Å². The van der Waals surface area contributed by atoms with Crippen LogP contribution >= 0.6 is 0 Å². The SMILES string of the molecule is Nc1c(Nc2cccc3ccc4cc5ccccc5cc4c23)ccc2c1=c1ccccc1=2. The van der Waals surface area contributed by atoms with Gasteiger partial charge in [0.05, 0.1) is 11.4 Å². The topological polar surface area (TPSA) is 38.0 Å². The van der Waals surface area contributed by atoms with Crippen molar-refractivity contribution < 1.29 is 0 Å². The fraction of sp³-hybridized carbons (Fsp3) is 0. The van der Waals surface area contributed by atoms with Crippen molar-refractivity contribution in [1.82, 2.24) is 0 Å². The summed E-state index contributed by atoms with van der Waals surface area (Å²) in [5.41, 5.74) is 9.49. The zero-order valence-corrected chi connectivity index (χ0v) is 17.4. The van der Waals surface area contributed by atoms with Crippen molar-refractivity contribution in [3.05, 3.63) is 124 Å². The second-order valence-electron chi connectivity index (χ2n) is 8.51. The van der Waals surface area contributed by atoms with E-state index in [1.54, 1.807) is 0 Å². The molecule has 1 aliphatic carbocycles. The number of nitrogens with one attached hydrogen (secondary N) is 1. The summed E-state index contributed by atoms with van der Waals surface area (Å²) in [6.07, 6.45) is 0. The van der Waals surface area contributed by atoms with Gasteiger partial charge in [-0.2, -0.15) is 0 Å². The van der Waals surface area contributed by atoms with Gasteiger partial charge < -0.3 is 11.1 Å². The average molecular weight is 409 g/mol. The fourth-order valence-electron chi connectivity index (χ4n) is 5.17. The van der Waals surface area contributed by atoms with Crippen LogP contribution in [0.4, 0.5) is 17.1 Å². The van der Waals surface area contributed by atoms with E-state index in [4.69, 9.17) is 5.73 Å². The third kappa shape index (κ3) is 2.35. The first-order valence-corrected chi connectivity index (χ1v) is 10.9. The Bertz CT molecular complexity index is 1920. The standard InChI is InChI=1S/C30H20N2/c31-30-27(15-14-24-22-9-3-4-10-23(22)29(24)30)32-26-11-5-8-18-12-13-21-16-19-6-1-2-7-20(19)17-25(21)28(18)26/h1-17,32H,31H2. The van der Waals surface area contributed by atoms with Crippen molar-refractivity contribution in [3.63, 3.8) is 0 Å². The number of anilines is 3. The van der Waals surface area contributed by atoms with Crippen molar-refractivity contribution in [1.29, 1.82) is 0 Å². The van der Waals surface area contributed by atoms with E-state index in [1.165, 1.54) is 48.0 Å². The number of fused-ring (bicyclic) bond motifs is 6. The Kier molecular flexibility index (Phi) is 3.45. The molecule has 0 saturated carbocycles. The maximum absolute atomic E-state index is 6.67. The van der Waals surface area contributed by atoms with Crippen LogP contribution in [0.25, 0.3) is 32.3 Å². The minimum atomic E-state index is 0.809. The normalized spacial score (nSPS) is 11.9. The van der Waals surface area contributed by atoms with E-state index in [0.717, 1.165) is 22.3 Å². The summed E-state index contributed by atoms with van der Waals surface area (Å²) in [6, 6.07) is 36.7. The Balaban J connectivity index is 1.47. The minimum absolute atomic E-state index is 0.809. The van der Waals surface area contributed by atoms with Gasteiger partial charge in [0.25, 0.3) is 0 Å². The molecule has 2 heteroatoms. The molecule has 32 heavy (non-hydrogen) atoms. The number of hydrogen-bond donors (Lipinski definition) is 2. The molecule has 0 aliphatic heterocycles. The first kappa shape index (κ1) is 17.4. The number of benzene rings is 6.